The maximum atomic E-state index is 5.72. The van der Waals surface area contributed by atoms with Crippen LogP contribution in [0.1, 0.15) is 40.5 Å². The first-order chi connectivity index (χ1) is 6.19. The molecule has 1 heterocycles. The molecular weight excluding hydrogens is 164 g/mol. The first-order valence-corrected chi connectivity index (χ1v) is 5.16. The van der Waals surface area contributed by atoms with Gasteiger partial charge in [-0.2, -0.15) is 0 Å². The van der Waals surface area contributed by atoms with E-state index in [1.807, 2.05) is 6.92 Å². The molecule has 1 aliphatic rings. The Morgan fingerprint density at radius 2 is 2.15 bits per heavy atom. The standard InChI is InChI=1S/C11H20O2/c1-5-10-9(4)8(3)7-11(13-10)12-6-2/h8,11H,5-7H2,1-4H3. The van der Waals surface area contributed by atoms with Gasteiger partial charge in [-0.1, -0.05) is 13.8 Å². The summed E-state index contributed by atoms with van der Waals surface area (Å²) in [6, 6.07) is 0. The first kappa shape index (κ1) is 10.6. The number of hydrogen-bond acceptors (Lipinski definition) is 2. The largest absolute Gasteiger partial charge is 0.469 e. The lowest BCUT2D eigenvalue weighted by Gasteiger charge is -2.30. The lowest BCUT2D eigenvalue weighted by atomic mass is 9.94. The Hall–Kier alpha value is -0.500. The van der Waals surface area contributed by atoms with Crippen LogP contribution in [0.4, 0.5) is 0 Å². The maximum Gasteiger partial charge on any atom is 0.199 e. The molecular formula is C11H20O2. The van der Waals surface area contributed by atoms with Crippen molar-refractivity contribution in [1.82, 2.24) is 0 Å². The molecule has 2 nitrogen and oxygen atoms in total. The molecule has 13 heavy (non-hydrogen) atoms. The van der Waals surface area contributed by atoms with E-state index in [4.69, 9.17) is 9.47 Å². The second-order valence-corrected chi connectivity index (χ2v) is 3.60. The fraction of sp³-hybridized carbons (Fsp3) is 0.818. The normalized spacial score (nSPS) is 28.9. The van der Waals surface area contributed by atoms with Gasteiger partial charge in [-0.3, -0.25) is 0 Å². The van der Waals surface area contributed by atoms with Crippen LogP contribution in [0.15, 0.2) is 11.3 Å². The van der Waals surface area contributed by atoms with E-state index in [1.54, 1.807) is 0 Å². The minimum absolute atomic E-state index is 0.0151. The third-order valence-corrected chi connectivity index (χ3v) is 2.67. The van der Waals surface area contributed by atoms with E-state index in [9.17, 15) is 0 Å². The quantitative estimate of drug-likeness (QED) is 0.671. The minimum atomic E-state index is -0.0151. The van der Waals surface area contributed by atoms with Gasteiger partial charge in [-0.25, -0.2) is 0 Å². The van der Waals surface area contributed by atoms with Gasteiger partial charge in [0.1, 0.15) is 0 Å². The Labute approximate surface area is 80.9 Å². The highest BCUT2D eigenvalue weighted by molar-refractivity contribution is 5.11. The Balaban J connectivity index is 2.64. The molecule has 0 amide bonds. The second-order valence-electron chi connectivity index (χ2n) is 3.60. The zero-order valence-electron chi connectivity index (χ0n) is 9.09. The highest BCUT2D eigenvalue weighted by atomic mass is 16.7. The molecule has 0 aliphatic carbocycles. The van der Waals surface area contributed by atoms with Crippen LogP contribution in [-0.4, -0.2) is 12.9 Å². The molecule has 0 N–H and O–H groups in total. The van der Waals surface area contributed by atoms with Crippen LogP contribution in [0.3, 0.4) is 0 Å². The van der Waals surface area contributed by atoms with Crippen LogP contribution in [0.25, 0.3) is 0 Å². The maximum absolute atomic E-state index is 5.72. The summed E-state index contributed by atoms with van der Waals surface area (Å²) in [7, 11) is 0. The molecule has 0 bridgehead atoms. The summed E-state index contributed by atoms with van der Waals surface area (Å²) in [4.78, 5) is 0. The van der Waals surface area contributed by atoms with E-state index in [0.29, 0.717) is 5.92 Å². The van der Waals surface area contributed by atoms with Crippen LogP contribution in [0, 0.1) is 5.92 Å². The molecule has 2 unspecified atom stereocenters. The van der Waals surface area contributed by atoms with Crippen molar-refractivity contribution in [1.29, 1.82) is 0 Å². The van der Waals surface area contributed by atoms with Crippen LogP contribution >= 0.6 is 0 Å². The topological polar surface area (TPSA) is 18.5 Å². The van der Waals surface area contributed by atoms with Gasteiger partial charge in [0.25, 0.3) is 0 Å². The van der Waals surface area contributed by atoms with Gasteiger partial charge in [0, 0.05) is 19.4 Å². The summed E-state index contributed by atoms with van der Waals surface area (Å²) in [5, 5.41) is 0. The molecule has 0 fully saturated rings. The third kappa shape index (κ3) is 2.47. The molecule has 76 valence electrons. The van der Waals surface area contributed by atoms with Crippen molar-refractivity contribution in [3.05, 3.63) is 11.3 Å². The number of hydrogen-bond donors (Lipinski definition) is 0. The van der Waals surface area contributed by atoms with Crippen LogP contribution < -0.4 is 0 Å². The van der Waals surface area contributed by atoms with Gasteiger partial charge < -0.3 is 9.47 Å². The minimum Gasteiger partial charge on any atom is -0.469 e. The number of ether oxygens (including phenoxy) is 2. The van der Waals surface area contributed by atoms with Crippen LogP contribution in [0.5, 0.6) is 0 Å². The molecule has 0 aromatic rings. The molecule has 0 aromatic carbocycles. The van der Waals surface area contributed by atoms with Gasteiger partial charge in [0.15, 0.2) is 6.29 Å². The highest BCUT2D eigenvalue weighted by Gasteiger charge is 2.24. The van der Waals surface area contributed by atoms with E-state index in [0.717, 1.165) is 25.2 Å². The van der Waals surface area contributed by atoms with Gasteiger partial charge in [0.2, 0.25) is 0 Å². The van der Waals surface area contributed by atoms with Crippen molar-refractivity contribution in [2.24, 2.45) is 5.92 Å². The Bertz CT molecular complexity index is 196. The summed E-state index contributed by atoms with van der Waals surface area (Å²) in [6.07, 6.45) is 1.95. The zero-order chi connectivity index (χ0) is 9.84. The van der Waals surface area contributed by atoms with Gasteiger partial charge in [-0.15, -0.1) is 0 Å². The van der Waals surface area contributed by atoms with Crippen LogP contribution in [0.2, 0.25) is 0 Å². The molecule has 1 aliphatic heterocycles. The number of rotatable bonds is 3. The van der Waals surface area contributed by atoms with Gasteiger partial charge in [0.05, 0.1) is 5.76 Å². The second kappa shape index (κ2) is 4.66. The lowest BCUT2D eigenvalue weighted by molar-refractivity contribution is -0.132. The van der Waals surface area contributed by atoms with Crippen molar-refractivity contribution in [2.75, 3.05) is 6.61 Å². The monoisotopic (exact) mass is 184 g/mol. The molecule has 0 radical (unpaired) electrons. The van der Waals surface area contributed by atoms with E-state index in [2.05, 4.69) is 20.8 Å². The summed E-state index contributed by atoms with van der Waals surface area (Å²) >= 11 is 0. The molecule has 0 saturated carbocycles. The third-order valence-electron chi connectivity index (χ3n) is 2.67. The molecule has 2 heteroatoms. The predicted octanol–water partition coefficient (Wildman–Crippen LogP) is 3.09. The van der Waals surface area contributed by atoms with E-state index >= 15 is 0 Å². The average molecular weight is 184 g/mol. The molecule has 0 aromatic heterocycles. The molecule has 1 rings (SSSR count). The van der Waals surface area contributed by atoms with Crippen molar-refractivity contribution < 1.29 is 9.47 Å². The van der Waals surface area contributed by atoms with Crippen molar-refractivity contribution in [3.63, 3.8) is 0 Å². The van der Waals surface area contributed by atoms with Crippen LogP contribution in [-0.2, 0) is 9.47 Å². The van der Waals surface area contributed by atoms with Gasteiger partial charge in [-0.05, 0) is 25.3 Å². The highest BCUT2D eigenvalue weighted by Crippen LogP contribution is 2.30. The first-order valence-electron chi connectivity index (χ1n) is 5.16. The number of allylic oxidation sites excluding steroid dienone is 2. The molecule has 0 spiro atoms. The average Bonchev–Trinajstić information content (AvgIpc) is 2.11. The fourth-order valence-corrected chi connectivity index (χ4v) is 1.69. The van der Waals surface area contributed by atoms with Crippen molar-refractivity contribution in [3.8, 4) is 0 Å². The van der Waals surface area contributed by atoms with E-state index in [-0.39, 0.29) is 6.29 Å². The fourth-order valence-electron chi connectivity index (χ4n) is 1.69. The summed E-state index contributed by atoms with van der Waals surface area (Å²) in [6.45, 7) is 9.25. The zero-order valence-corrected chi connectivity index (χ0v) is 9.09. The van der Waals surface area contributed by atoms with E-state index in [1.165, 1.54) is 5.57 Å². The smallest absolute Gasteiger partial charge is 0.199 e. The Kier molecular flexibility index (Phi) is 3.79. The summed E-state index contributed by atoms with van der Waals surface area (Å²) < 4.78 is 11.2. The Morgan fingerprint density at radius 3 is 2.69 bits per heavy atom. The van der Waals surface area contributed by atoms with Gasteiger partial charge >= 0.3 is 0 Å². The molecule has 2 atom stereocenters. The summed E-state index contributed by atoms with van der Waals surface area (Å²) in [5.74, 6) is 1.72. The lowest BCUT2D eigenvalue weighted by Crippen LogP contribution is -2.26. The van der Waals surface area contributed by atoms with Crippen molar-refractivity contribution >= 4 is 0 Å². The van der Waals surface area contributed by atoms with E-state index < -0.39 is 0 Å². The predicted molar refractivity (Wildman–Crippen MR) is 53.3 cm³/mol. The van der Waals surface area contributed by atoms with Crippen molar-refractivity contribution in [2.45, 2.75) is 46.8 Å². The summed E-state index contributed by atoms with van der Waals surface area (Å²) in [5.41, 5.74) is 1.39. The Morgan fingerprint density at radius 1 is 1.46 bits per heavy atom. The molecule has 0 saturated heterocycles. The SMILES string of the molecule is CCOC1CC(C)C(C)=C(CC)O1.